The van der Waals surface area contributed by atoms with Crippen molar-refractivity contribution >= 4 is 11.0 Å². The van der Waals surface area contributed by atoms with Gasteiger partial charge >= 0.3 is 0 Å². The van der Waals surface area contributed by atoms with Crippen molar-refractivity contribution in [2.24, 2.45) is 0 Å². The average molecular weight is 203 g/mol. The Kier molecular flexibility index (Phi) is 3.35. The summed E-state index contributed by atoms with van der Waals surface area (Å²) in [5, 5.41) is 10.3. The van der Waals surface area contributed by atoms with Crippen LogP contribution >= 0.6 is 0 Å². The summed E-state index contributed by atoms with van der Waals surface area (Å²) in [5.74, 6) is 0. The van der Waals surface area contributed by atoms with Gasteiger partial charge in [0.15, 0.2) is 0 Å². The molecule has 1 radical (unpaired) electrons. The molecule has 0 aliphatic heterocycles. The van der Waals surface area contributed by atoms with E-state index >= 15 is 0 Å². The number of aromatic nitrogens is 2. The van der Waals surface area contributed by atoms with Gasteiger partial charge in [-0.15, -0.1) is 0 Å². The van der Waals surface area contributed by atoms with E-state index < -0.39 is 0 Å². The molecular formula is C12H15N2O. The Morgan fingerprint density at radius 3 is 2.87 bits per heavy atom. The van der Waals surface area contributed by atoms with Crippen molar-refractivity contribution in [3.05, 3.63) is 30.6 Å². The SMILES string of the molecule is [O]CCCCCn1cnc2ccccc21. The highest BCUT2D eigenvalue weighted by Crippen LogP contribution is 2.12. The second-order valence-electron chi connectivity index (χ2n) is 3.69. The zero-order valence-electron chi connectivity index (χ0n) is 8.72. The topological polar surface area (TPSA) is 37.7 Å². The Labute approximate surface area is 89.4 Å². The molecule has 3 nitrogen and oxygen atoms in total. The highest BCUT2D eigenvalue weighted by atomic mass is 16.2. The number of fused-ring (bicyclic) bond motifs is 1. The summed E-state index contributed by atoms with van der Waals surface area (Å²) in [7, 11) is 0. The van der Waals surface area contributed by atoms with Crippen molar-refractivity contribution in [2.45, 2.75) is 25.8 Å². The summed E-state index contributed by atoms with van der Waals surface area (Å²) in [6.07, 6.45) is 4.73. The van der Waals surface area contributed by atoms with Crippen LogP contribution in [-0.2, 0) is 11.7 Å². The summed E-state index contributed by atoms with van der Waals surface area (Å²) in [5.41, 5.74) is 2.22. The number of aryl methyl sites for hydroxylation is 1. The summed E-state index contributed by atoms with van der Waals surface area (Å²) >= 11 is 0. The van der Waals surface area contributed by atoms with Gasteiger partial charge in [0.2, 0.25) is 0 Å². The van der Waals surface area contributed by atoms with Gasteiger partial charge in [0.1, 0.15) is 0 Å². The molecule has 15 heavy (non-hydrogen) atoms. The molecule has 2 rings (SSSR count). The Morgan fingerprint density at radius 1 is 1.13 bits per heavy atom. The van der Waals surface area contributed by atoms with Crippen LogP contribution in [0.2, 0.25) is 0 Å². The molecule has 1 heterocycles. The normalized spacial score (nSPS) is 11.0. The van der Waals surface area contributed by atoms with E-state index in [1.807, 2.05) is 24.5 Å². The molecule has 0 bridgehead atoms. The fraction of sp³-hybridized carbons (Fsp3) is 0.417. The Morgan fingerprint density at radius 2 is 2.00 bits per heavy atom. The number of rotatable bonds is 5. The molecule has 79 valence electrons. The van der Waals surface area contributed by atoms with Crippen LogP contribution in [0.15, 0.2) is 30.6 Å². The number of unbranched alkanes of at least 4 members (excludes halogenated alkanes) is 2. The highest BCUT2D eigenvalue weighted by molar-refractivity contribution is 5.74. The second-order valence-corrected chi connectivity index (χ2v) is 3.69. The fourth-order valence-corrected chi connectivity index (χ4v) is 1.75. The molecule has 0 aliphatic rings. The van der Waals surface area contributed by atoms with Crippen molar-refractivity contribution in [2.75, 3.05) is 6.61 Å². The van der Waals surface area contributed by atoms with Gasteiger partial charge in [-0.25, -0.2) is 10.1 Å². The van der Waals surface area contributed by atoms with Crippen LogP contribution in [0, 0.1) is 0 Å². The van der Waals surface area contributed by atoms with E-state index in [9.17, 15) is 5.11 Å². The predicted octanol–water partition coefficient (Wildman–Crippen LogP) is 2.64. The second kappa shape index (κ2) is 4.94. The van der Waals surface area contributed by atoms with Crippen molar-refractivity contribution in [1.82, 2.24) is 9.55 Å². The third kappa shape index (κ3) is 2.36. The first kappa shape index (κ1) is 10.2. The van der Waals surface area contributed by atoms with Gasteiger partial charge in [-0.05, 0) is 31.4 Å². The monoisotopic (exact) mass is 203 g/mol. The molecule has 0 N–H and O–H groups in total. The lowest BCUT2D eigenvalue weighted by Crippen LogP contribution is -1.96. The molecule has 0 amide bonds. The highest BCUT2D eigenvalue weighted by Gasteiger charge is 2.00. The summed E-state index contributed by atoms with van der Waals surface area (Å²) in [6, 6.07) is 8.12. The molecule has 0 saturated heterocycles. The first-order valence-corrected chi connectivity index (χ1v) is 5.40. The van der Waals surface area contributed by atoms with Crippen LogP contribution in [0.1, 0.15) is 19.3 Å². The van der Waals surface area contributed by atoms with Crippen LogP contribution in [-0.4, -0.2) is 16.2 Å². The molecule has 0 atom stereocenters. The van der Waals surface area contributed by atoms with Crippen LogP contribution in [0.3, 0.4) is 0 Å². The van der Waals surface area contributed by atoms with Gasteiger partial charge in [-0.2, -0.15) is 0 Å². The molecule has 0 aliphatic carbocycles. The van der Waals surface area contributed by atoms with Crippen LogP contribution in [0.25, 0.3) is 11.0 Å². The van der Waals surface area contributed by atoms with E-state index in [1.54, 1.807) is 0 Å². The lowest BCUT2D eigenvalue weighted by Gasteiger charge is -2.02. The maximum atomic E-state index is 10.3. The van der Waals surface area contributed by atoms with E-state index in [2.05, 4.69) is 15.6 Å². The average Bonchev–Trinajstić information content (AvgIpc) is 2.68. The van der Waals surface area contributed by atoms with E-state index in [0.29, 0.717) is 0 Å². The number of imidazole rings is 1. The molecule has 3 heteroatoms. The first-order valence-electron chi connectivity index (χ1n) is 5.40. The van der Waals surface area contributed by atoms with Crippen LogP contribution in [0.5, 0.6) is 0 Å². The maximum Gasteiger partial charge on any atom is 0.0958 e. The van der Waals surface area contributed by atoms with Crippen molar-refractivity contribution < 1.29 is 5.11 Å². The molecule has 0 spiro atoms. The third-order valence-corrected chi connectivity index (χ3v) is 2.57. The van der Waals surface area contributed by atoms with Gasteiger partial charge in [-0.1, -0.05) is 12.1 Å². The number of hydrogen-bond acceptors (Lipinski definition) is 1. The number of hydrogen-bond donors (Lipinski definition) is 0. The van der Waals surface area contributed by atoms with E-state index in [0.717, 1.165) is 31.3 Å². The van der Waals surface area contributed by atoms with Crippen LogP contribution < -0.4 is 0 Å². The first-order chi connectivity index (χ1) is 7.42. The summed E-state index contributed by atoms with van der Waals surface area (Å²) in [4.78, 5) is 4.32. The minimum absolute atomic E-state index is 0.0463. The smallest absolute Gasteiger partial charge is 0.0958 e. The van der Waals surface area contributed by atoms with Crippen molar-refractivity contribution in [3.8, 4) is 0 Å². The van der Waals surface area contributed by atoms with Crippen molar-refractivity contribution in [3.63, 3.8) is 0 Å². The Bertz CT molecular complexity index is 422. The Balaban J connectivity index is 2.02. The number of para-hydroxylation sites is 2. The molecular weight excluding hydrogens is 188 g/mol. The molecule has 0 fully saturated rings. The molecule has 0 unspecified atom stereocenters. The summed E-state index contributed by atoms with van der Waals surface area (Å²) in [6.45, 7) is 1.01. The van der Waals surface area contributed by atoms with E-state index in [1.165, 1.54) is 5.52 Å². The zero-order valence-corrected chi connectivity index (χ0v) is 8.72. The summed E-state index contributed by atoms with van der Waals surface area (Å²) < 4.78 is 2.15. The number of benzene rings is 1. The quantitative estimate of drug-likeness (QED) is 0.688. The van der Waals surface area contributed by atoms with Crippen LogP contribution in [0.4, 0.5) is 0 Å². The fourth-order valence-electron chi connectivity index (χ4n) is 1.75. The lowest BCUT2D eigenvalue weighted by molar-refractivity contribution is 0.185. The van der Waals surface area contributed by atoms with Gasteiger partial charge in [0.25, 0.3) is 0 Å². The molecule has 2 aromatic rings. The van der Waals surface area contributed by atoms with E-state index in [-0.39, 0.29) is 6.61 Å². The largest absolute Gasteiger partial charge is 0.331 e. The van der Waals surface area contributed by atoms with Crippen molar-refractivity contribution in [1.29, 1.82) is 0 Å². The maximum absolute atomic E-state index is 10.3. The van der Waals surface area contributed by atoms with Gasteiger partial charge in [0, 0.05) is 6.54 Å². The predicted molar refractivity (Wildman–Crippen MR) is 59.1 cm³/mol. The lowest BCUT2D eigenvalue weighted by atomic mass is 10.2. The van der Waals surface area contributed by atoms with E-state index in [4.69, 9.17) is 0 Å². The van der Waals surface area contributed by atoms with Gasteiger partial charge in [0.05, 0.1) is 24.0 Å². The van der Waals surface area contributed by atoms with Gasteiger partial charge in [-0.3, -0.25) is 0 Å². The molecule has 1 aromatic carbocycles. The minimum Gasteiger partial charge on any atom is -0.331 e. The molecule has 1 aromatic heterocycles. The Hall–Kier alpha value is -1.35. The minimum atomic E-state index is 0.0463. The third-order valence-electron chi connectivity index (χ3n) is 2.57. The zero-order chi connectivity index (χ0) is 10.5. The standard InChI is InChI=1S/C12H15N2O/c15-9-5-1-4-8-14-10-13-11-6-2-3-7-12(11)14/h2-3,6-7,10H,1,4-5,8-9H2. The number of nitrogens with zero attached hydrogens (tertiary/aromatic N) is 2. The van der Waals surface area contributed by atoms with Gasteiger partial charge < -0.3 is 4.57 Å². The molecule has 0 saturated carbocycles.